The van der Waals surface area contributed by atoms with E-state index in [1.54, 1.807) is 7.05 Å². The molecule has 1 saturated heterocycles. The number of hydrogen-bond acceptors (Lipinski definition) is 3. The van der Waals surface area contributed by atoms with Gasteiger partial charge < -0.3 is 16.0 Å². The van der Waals surface area contributed by atoms with Crippen LogP contribution in [0.15, 0.2) is 0 Å². The third kappa shape index (κ3) is 3.02. The van der Waals surface area contributed by atoms with Gasteiger partial charge in [-0.25, -0.2) is 0 Å². The molecule has 0 aromatic heterocycles. The molecule has 5 nitrogen and oxygen atoms in total. The molecule has 0 aliphatic carbocycles. The Morgan fingerprint density at radius 1 is 1.46 bits per heavy atom. The molecule has 0 bridgehead atoms. The van der Waals surface area contributed by atoms with Crippen molar-refractivity contribution >= 4 is 11.8 Å². The van der Waals surface area contributed by atoms with E-state index in [2.05, 4.69) is 16.0 Å². The van der Waals surface area contributed by atoms with Crippen molar-refractivity contribution in [2.24, 2.45) is 5.92 Å². The summed E-state index contributed by atoms with van der Waals surface area (Å²) in [5.41, 5.74) is 0. The van der Waals surface area contributed by atoms with Crippen LogP contribution < -0.4 is 16.0 Å². The molecule has 1 aliphatic rings. The van der Waals surface area contributed by atoms with Gasteiger partial charge in [0.2, 0.25) is 11.8 Å². The Balaban J connectivity index is 2.04. The van der Waals surface area contributed by atoms with Crippen LogP contribution in [0.25, 0.3) is 0 Å². The van der Waals surface area contributed by atoms with E-state index in [4.69, 9.17) is 0 Å². The first-order chi connectivity index (χ1) is 6.24. The van der Waals surface area contributed by atoms with Crippen molar-refractivity contribution < 1.29 is 9.59 Å². The molecule has 0 radical (unpaired) electrons. The second-order valence-electron chi connectivity index (χ2n) is 3.07. The third-order valence-electron chi connectivity index (χ3n) is 2.08. The zero-order chi connectivity index (χ0) is 9.68. The summed E-state index contributed by atoms with van der Waals surface area (Å²) in [6.45, 7) is 1.94. The summed E-state index contributed by atoms with van der Waals surface area (Å²) in [5.74, 6) is 0.0966. The minimum absolute atomic E-state index is 0.0441. The van der Waals surface area contributed by atoms with Gasteiger partial charge in [0.15, 0.2) is 0 Å². The summed E-state index contributed by atoms with van der Waals surface area (Å²) in [4.78, 5) is 22.0. The summed E-state index contributed by atoms with van der Waals surface area (Å²) in [6, 6.07) is 0. The van der Waals surface area contributed by atoms with Gasteiger partial charge in [0.05, 0.1) is 5.92 Å². The average Bonchev–Trinajstić information content (AvgIpc) is 2.01. The SMILES string of the molecule is CNC(=O)CCNC(=O)C1CNC1. The molecule has 0 aromatic rings. The van der Waals surface area contributed by atoms with Crippen LogP contribution in [0.2, 0.25) is 0 Å². The fraction of sp³-hybridized carbons (Fsp3) is 0.750. The van der Waals surface area contributed by atoms with Crippen LogP contribution >= 0.6 is 0 Å². The van der Waals surface area contributed by atoms with Crippen LogP contribution in [0, 0.1) is 5.92 Å². The maximum Gasteiger partial charge on any atom is 0.225 e. The van der Waals surface area contributed by atoms with Crippen LogP contribution in [0.4, 0.5) is 0 Å². The average molecular weight is 185 g/mol. The largest absolute Gasteiger partial charge is 0.359 e. The lowest BCUT2D eigenvalue weighted by Gasteiger charge is -2.25. The second-order valence-corrected chi connectivity index (χ2v) is 3.07. The maximum atomic E-state index is 11.2. The summed E-state index contributed by atoms with van der Waals surface area (Å²) >= 11 is 0. The molecule has 0 spiro atoms. The number of nitrogens with one attached hydrogen (secondary N) is 3. The highest BCUT2D eigenvalue weighted by Gasteiger charge is 2.24. The number of hydrogen-bond donors (Lipinski definition) is 3. The van der Waals surface area contributed by atoms with Gasteiger partial charge in [0.25, 0.3) is 0 Å². The van der Waals surface area contributed by atoms with Crippen molar-refractivity contribution in [3.8, 4) is 0 Å². The molecule has 1 rings (SSSR count). The van der Waals surface area contributed by atoms with Crippen LogP contribution in [-0.4, -0.2) is 38.5 Å². The number of amides is 2. The van der Waals surface area contributed by atoms with Gasteiger partial charge in [0.1, 0.15) is 0 Å². The molecule has 0 unspecified atom stereocenters. The van der Waals surface area contributed by atoms with E-state index in [-0.39, 0.29) is 17.7 Å². The molecule has 1 aliphatic heterocycles. The van der Waals surface area contributed by atoms with Crippen molar-refractivity contribution in [3.05, 3.63) is 0 Å². The predicted molar refractivity (Wildman–Crippen MR) is 48.1 cm³/mol. The van der Waals surface area contributed by atoms with Crippen molar-refractivity contribution in [1.29, 1.82) is 0 Å². The van der Waals surface area contributed by atoms with Crippen LogP contribution in [0.5, 0.6) is 0 Å². The van der Waals surface area contributed by atoms with E-state index < -0.39 is 0 Å². The number of carbonyl (C=O) groups excluding carboxylic acids is 2. The topological polar surface area (TPSA) is 70.2 Å². The lowest BCUT2D eigenvalue weighted by Crippen LogP contribution is -2.51. The molecule has 3 N–H and O–H groups in total. The molecule has 0 atom stereocenters. The molecule has 0 aromatic carbocycles. The number of carbonyl (C=O) groups is 2. The zero-order valence-corrected chi connectivity index (χ0v) is 7.72. The summed E-state index contributed by atoms with van der Waals surface area (Å²) in [7, 11) is 1.58. The highest BCUT2D eigenvalue weighted by molar-refractivity contribution is 5.81. The minimum Gasteiger partial charge on any atom is -0.359 e. The predicted octanol–water partition coefficient (Wildman–Crippen LogP) is -1.54. The van der Waals surface area contributed by atoms with Gasteiger partial charge >= 0.3 is 0 Å². The van der Waals surface area contributed by atoms with Gasteiger partial charge in [-0.1, -0.05) is 0 Å². The van der Waals surface area contributed by atoms with E-state index in [0.29, 0.717) is 13.0 Å². The molecule has 0 saturated carbocycles. The van der Waals surface area contributed by atoms with Crippen molar-refractivity contribution in [1.82, 2.24) is 16.0 Å². The lowest BCUT2D eigenvalue weighted by molar-refractivity contribution is -0.126. The molecular weight excluding hydrogens is 170 g/mol. The first-order valence-electron chi connectivity index (χ1n) is 4.43. The van der Waals surface area contributed by atoms with Crippen LogP contribution in [0.1, 0.15) is 6.42 Å². The Morgan fingerprint density at radius 2 is 2.15 bits per heavy atom. The van der Waals surface area contributed by atoms with Gasteiger partial charge in [-0.05, 0) is 0 Å². The second kappa shape index (κ2) is 4.81. The Hall–Kier alpha value is -1.10. The van der Waals surface area contributed by atoms with Gasteiger partial charge in [-0.3, -0.25) is 9.59 Å². The summed E-state index contributed by atoms with van der Waals surface area (Å²) in [5, 5.41) is 8.22. The first kappa shape index (κ1) is 9.98. The Bertz CT molecular complexity index is 202. The maximum absolute atomic E-state index is 11.2. The highest BCUT2D eigenvalue weighted by atomic mass is 16.2. The van der Waals surface area contributed by atoms with E-state index in [0.717, 1.165) is 13.1 Å². The minimum atomic E-state index is -0.0490. The van der Waals surface area contributed by atoms with Crippen molar-refractivity contribution in [2.75, 3.05) is 26.7 Å². The summed E-state index contributed by atoms with van der Waals surface area (Å²) < 4.78 is 0. The third-order valence-corrected chi connectivity index (χ3v) is 2.08. The quantitative estimate of drug-likeness (QED) is 0.497. The standard InChI is InChI=1S/C8H15N3O2/c1-9-7(12)2-3-11-8(13)6-4-10-5-6/h6,10H,2-5H2,1H3,(H,9,12)(H,11,13). The van der Waals surface area contributed by atoms with E-state index in [1.165, 1.54) is 0 Å². The fourth-order valence-corrected chi connectivity index (χ4v) is 1.04. The smallest absolute Gasteiger partial charge is 0.225 e. The first-order valence-corrected chi connectivity index (χ1v) is 4.43. The van der Waals surface area contributed by atoms with E-state index in [9.17, 15) is 9.59 Å². The van der Waals surface area contributed by atoms with Gasteiger partial charge in [0, 0.05) is 33.1 Å². The zero-order valence-electron chi connectivity index (χ0n) is 7.72. The van der Waals surface area contributed by atoms with Crippen molar-refractivity contribution in [3.63, 3.8) is 0 Å². The fourth-order valence-electron chi connectivity index (χ4n) is 1.04. The highest BCUT2D eigenvalue weighted by Crippen LogP contribution is 2.01. The molecule has 1 fully saturated rings. The number of rotatable bonds is 4. The molecular formula is C8H15N3O2. The molecule has 74 valence electrons. The molecule has 5 heteroatoms. The van der Waals surface area contributed by atoms with E-state index in [1.807, 2.05) is 0 Å². The van der Waals surface area contributed by atoms with E-state index >= 15 is 0 Å². The molecule has 13 heavy (non-hydrogen) atoms. The van der Waals surface area contributed by atoms with Gasteiger partial charge in [-0.15, -0.1) is 0 Å². The normalized spacial score (nSPS) is 16.1. The van der Waals surface area contributed by atoms with Crippen LogP contribution in [0.3, 0.4) is 0 Å². The molecule has 2 amide bonds. The Labute approximate surface area is 77.3 Å². The Morgan fingerprint density at radius 3 is 2.62 bits per heavy atom. The van der Waals surface area contributed by atoms with Crippen molar-refractivity contribution in [2.45, 2.75) is 6.42 Å². The Kier molecular flexibility index (Phi) is 3.70. The van der Waals surface area contributed by atoms with Crippen LogP contribution in [-0.2, 0) is 9.59 Å². The van der Waals surface area contributed by atoms with Gasteiger partial charge in [-0.2, -0.15) is 0 Å². The molecule has 1 heterocycles. The summed E-state index contributed by atoms with van der Waals surface area (Å²) in [6.07, 6.45) is 0.350. The monoisotopic (exact) mass is 185 g/mol. The lowest BCUT2D eigenvalue weighted by atomic mass is 10.0.